The van der Waals surface area contributed by atoms with Crippen LogP contribution < -0.4 is 10.9 Å². The fourth-order valence-corrected chi connectivity index (χ4v) is 5.25. The van der Waals surface area contributed by atoms with Crippen molar-refractivity contribution in [3.05, 3.63) is 111 Å². The maximum Gasteiger partial charge on any atom is 0.325 e. The molecule has 0 saturated carbocycles. The molecule has 0 spiro atoms. The topological polar surface area (TPSA) is 123 Å². The summed E-state index contributed by atoms with van der Waals surface area (Å²) in [6, 6.07) is 21.3. The van der Waals surface area contributed by atoms with Crippen molar-refractivity contribution in [2.45, 2.75) is 18.6 Å². The minimum Gasteiger partial charge on any atom is -0.508 e. The van der Waals surface area contributed by atoms with Crippen molar-refractivity contribution >= 4 is 28.7 Å². The first-order chi connectivity index (χ1) is 17.9. The zero-order chi connectivity index (χ0) is 25.7. The van der Waals surface area contributed by atoms with Gasteiger partial charge in [-0.05, 0) is 41.0 Å². The highest BCUT2D eigenvalue weighted by Gasteiger charge is 2.54. The molecule has 3 heterocycles. The highest BCUT2D eigenvalue weighted by molar-refractivity contribution is 6.08. The van der Waals surface area contributed by atoms with Crippen LogP contribution in [0.5, 0.6) is 5.75 Å². The van der Waals surface area contributed by atoms with E-state index >= 15 is 0 Å². The second kappa shape index (κ2) is 8.34. The van der Waals surface area contributed by atoms with E-state index in [0.717, 1.165) is 10.3 Å². The fraction of sp³-hybridized carbons (Fsp3) is 0.143. The Morgan fingerprint density at radius 1 is 0.892 bits per heavy atom. The molecular formula is C28H22N4O5. The van der Waals surface area contributed by atoms with Crippen LogP contribution in [0.2, 0.25) is 0 Å². The average Bonchev–Trinajstić information content (AvgIpc) is 3.32. The van der Waals surface area contributed by atoms with E-state index in [1.165, 1.54) is 23.1 Å². The Morgan fingerprint density at radius 2 is 1.65 bits per heavy atom. The molecule has 2 aliphatic heterocycles. The van der Waals surface area contributed by atoms with Gasteiger partial charge in [0.25, 0.3) is 11.8 Å². The molecule has 4 amide bonds. The Kier molecular flexibility index (Phi) is 5.08. The second-order valence-corrected chi connectivity index (χ2v) is 9.30. The molecule has 1 aromatic heterocycles. The number of hydrogen-bond acceptors (Lipinski definition) is 5. The number of urea groups is 1. The summed E-state index contributed by atoms with van der Waals surface area (Å²) < 4.78 is 0. The number of imide groups is 1. The van der Waals surface area contributed by atoms with Gasteiger partial charge < -0.3 is 20.3 Å². The van der Waals surface area contributed by atoms with Crippen molar-refractivity contribution in [3.8, 4) is 5.75 Å². The molecule has 0 aliphatic carbocycles. The highest BCUT2D eigenvalue weighted by Crippen LogP contribution is 2.35. The van der Waals surface area contributed by atoms with Crippen molar-refractivity contribution in [1.82, 2.24) is 20.1 Å². The van der Waals surface area contributed by atoms with Gasteiger partial charge in [0.15, 0.2) is 5.54 Å². The first-order valence-electron chi connectivity index (χ1n) is 11.8. The molecule has 4 aromatic rings. The van der Waals surface area contributed by atoms with Crippen LogP contribution in [-0.2, 0) is 23.4 Å². The van der Waals surface area contributed by atoms with Gasteiger partial charge in [0, 0.05) is 29.1 Å². The number of fused-ring (bicyclic) bond motifs is 2. The minimum atomic E-state index is -1.52. The van der Waals surface area contributed by atoms with E-state index in [0.29, 0.717) is 27.8 Å². The Morgan fingerprint density at radius 3 is 2.46 bits per heavy atom. The molecular weight excluding hydrogens is 472 g/mol. The first-order valence-corrected chi connectivity index (χ1v) is 11.8. The van der Waals surface area contributed by atoms with Crippen LogP contribution in [0.15, 0.2) is 83.7 Å². The third-order valence-corrected chi connectivity index (χ3v) is 7.00. The number of pyridine rings is 1. The number of amides is 4. The van der Waals surface area contributed by atoms with E-state index in [1.807, 2.05) is 12.1 Å². The fourth-order valence-electron chi connectivity index (χ4n) is 5.25. The van der Waals surface area contributed by atoms with Gasteiger partial charge in [-0.1, -0.05) is 48.5 Å². The van der Waals surface area contributed by atoms with Gasteiger partial charge in [0.2, 0.25) is 5.56 Å². The summed E-state index contributed by atoms with van der Waals surface area (Å²) in [6.45, 7) is -0.00674. The average molecular weight is 495 g/mol. The van der Waals surface area contributed by atoms with Crippen LogP contribution in [0.4, 0.5) is 4.79 Å². The lowest BCUT2D eigenvalue weighted by molar-refractivity contribution is -0.132. The minimum absolute atomic E-state index is 0.0488. The number of benzene rings is 3. The third-order valence-electron chi connectivity index (χ3n) is 7.00. The number of para-hydroxylation sites is 1. The van der Waals surface area contributed by atoms with E-state index in [1.54, 1.807) is 48.5 Å². The Hall–Kier alpha value is -4.92. The molecule has 3 N–H and O–H groups in total. The normalized spacial score (nSPS) is 19.0. The monoisotopic (exact) mass is 494 g/mol. The predicted octanol–water partition coefficient (Wildman–Crippen LogP) is 2.84. The van der Waals surface area contributed by atoms with E-state index in [4.69, 9.17) is 0 Å². The molecule has 1 fully saturated rings. The lowest BCUT2D eigenvalue weighted by Crippen LogP contribution is -2.52. The molecule has 9 nitrogen and oxygen atoms in total. The Bertz CT molecular complexity index is 1650. The van der Waals surface area contributed by atoms with Crippen molar-refractivity contribution in [1.29, 1.82) is 0 Å². The molecule has 1 atom stereocenters. The first kappa shape index (κ1) is 22.5. The van der Waals surface area contributed by atoms with Crippen LogP contribution in [0.3, 0.4) is 0 Å². The number of nitrogens with zero attached hydrogens (tertiary/aromatic N) is 2. The van der Waals surface area contributed by atoms with E-state index < -0.39 is 17.5 Å². The summed E-state index contributed by atoms with van der Waals surface area (Å²) in [7, 11) is 0. The summed E-state index contributed by atoms with van der Waals surface area (Å²) in [5.41, 5.74) is 0.926. The maximum absolute atomic E-state index is 14.1. The van der Waals surface area contributed by atoms with Crippen molar-refractivity contribution < 1.29 is 19.5 Å². The van der Waals surface area contributed by atoms with Gasteiger partial charge >= 0.3 is 6.03 Å². The SMILES string of the molecule is O=C1c2ccc(O)cc2CN1CC1(c2ccccc2)NC(=O)N(Cc2cc(=O)[nH]c3ccccc23)C1=O. The van der Waals surface area contributed by atoms with Crippen molar-refractivity contribution in [2.24, 2.45) is 0 Å². The number of aromatic amines is 1. The third kappa shape index (κ3) is 3.63. The number of nitrogens with one attached hydrogen (secondary N) is 2. The Balaban J connectivity index is 1.38. The lowest BCUT2D eigenvalue weighted by Gasteiger charge is -2.32. The van der Waals surface area contributed by atoms with Gasteiger partial charge in [-0.25, -0.2) is 4.79 Å². The van der Waals surface area contributed by atoms with Gasteiger partial charge in [0.1, 0.15) is 5.75 Å². The van der Waals surface area contributed by atoms with Crippen molar-refractivity contribution in [2.75, 3.05) is 6.54 Å². The summed E-state index contributed by atoms with van der Waals surface area (Å²) in [5, 5.41) is 13.4. The molecule has 3 aromatic carbocycles. The molecule has 1 saturated heterocycles. The number of aromatic nitrogens is 1. The highest BCUT2D eigenvalue weighted by atomic mass is 16.3. The summed E-state index contributed by atoms with van der Waals surface area (Å²) >= 11 is 0. The predicted molar refractivity (Wildman–Crippen MR) is 135 cm³/mol. The molecule has 1 unspecified atom stereocenters. The molecule has 9 heteroatoms. The number of phenolic OH excluding ortho intramolecular Hbond substituents is 1. The number of H-pyrrole nitrogens is 1. The molecule has 184 valence electrons. The van der Waals surface area contributed by atoms with E-state index in [2.05, 4.69) is 10.3 Å². The molecule has 0 bridgehead atoms. The Labute approximate surface area is 210 Å². The zero-order valence-electron chi connectivity index (χ0n) is 19.6. The second-order valence-electron chi connectivity index (χ2n) is 9.30. The number of hydrogen-bond donors (Lipinski definition) is 3. The van der Waals surface area contributed by atoms with Gasteiger partial charge in [-0.2, -0.15) is 0 Å². The van der Waals surface area contributed by atoms with Crippen LogP contribution >= 0.6 is 0 Å². The smallest absolute Gasteiger partial charge is 0.325 e. The van der Waals surface area contributed by atoms with E-state index in [-0.39, 0.29) is 36.9 Å². The van der Waals surface area contributed by atoms with Crippen LogP contribution in [0.25, 0.3) is 10.9 Å². The van der Waals surface area contributed by atoms with Crippen LogP contribution in [-0.4, -0.2) is 44.3 Å². The number of aromatic hydroxyl groups is 1. The molecule has 6 rings (SSSR count). The van der Waals surface area contributed by atoms with Crippen LogP contribution in [0, 0.1) is 0 Å². The summed E-state index contributed by atoms with van der Waals surface area (Å²) in [4.78, 5) is 58.2. The molecule has 37 heavy (non-hydrogen) atoms. The maximum atomic E-state index is 14.1. The standard InChI is InChI=1S/C28H22N4O5/c33-20-10-11-22-17(12-20)14-31(25(22)35)16-28(19-6-2-1-3-7-19)26(36)32(27(37)30-28)15-18-13-24(34)29-23-9-5-4-8-21(18)23/h1-13,33H,14-16H2,(H,29,34)(H,30,37). The number of carbonyl (C=O) groups excluding carboxylic acids is 3. The largest absolute Gasteiger partial charge is 0.508 e. The van der Waals surface area contributed by atoms with Crippen molar-refractivity contribution in [3.63, 3.8) is 0 Å². The molecule has 2 aliphatic rings. The van der Waals surface area contributed by atoms with E-state index in [9.17, 15) is 24.3 Å². The number of rotatable bonds is 5. The molecule has 0 radical (unpaired) electrons. The summed E-state index contributed by atoms with van der Waals surface area (Å²) in [5.74, 6) is -0.751. The van der Waals surface area contributed by atoms with Gasteiger partial charge in [-0.15, -0.1) is 0 Å². The van der Waals surface area contributed by atoms with Gasteiger partial charge in [0.05, 0.1) is 13.1 Å². The number of phenols is 1. The van der Waals surface area contributed by atoms with Gasteiger partial charge in [-0.3, -0.25) is 19.3 Å². The summed E-state index contributed by atoms with van der Waals surface area (Å²) in [6.07, 6.45) is 0. The number of carbonyl (C=O) groups is 3. The quantitative estimate of drug-likeness (QED) is 0.368. The van der Waals surface area contributed by atoms with Crippen LogP contribution in [0.1, 0.15) is 27.0 Å². The lowest BCUT2D eigenvalue weighted by atomic mass is 9.89. The zero-order valence-corrected chi connectivity index (χ0v) is 19.6.